The van der Waals surface area contributed by atoms with Crippen LogP contribution in [0.25, 0.3) is 5.69 Å². The minimum Gasteiger partial charge on any atom is -0.295 e. The van der Waals surface area contributed by atoms with Crippen LogP contribution in [0.1, 0.15) is 32.3 Å². The van der Waals surface area contributed by atoms with Crippen molar-refractivity contribution in [1.82, 2.24) is 20.4 Å². The van der Waals surface area contributed by atoms with Crippen LogP contribution in [0.2, 0.25) is 0 Å². The summed E-state index contributed by atoms with van der Waals surface area (Å²) in [4.78, 5) is 26.6. The number of carbonyl (C=O) groups is 2. The van der Waals surface area contributed by atoms with Crippen LogP contribution < -0.4 is 10.9 Å². The van der Waals surface area contributed by atoms with Crippen molar-refractivity contribution in [3.8, 4) is 5.69 Å². The van der Waals surface area contributed by atoms with Gasteiger partial charge in [-0.2, -0.15) is 0 Å². The highest BCUT2D eigenvalue weighted by molar-refractivity contribution is 7.99. The van der Waals surface area contributed by atoms with Crippen LogP contribution in [0.4, 0.5) is 0 Å². The second kappa shape index (κ2) is 7.82. The van der Waals surface area contributed by atoms with Crippen molar-refractivity contribution in [3.05, 3.63) is 42.2 Å². The maximum Gasteiger partial charge on any atom is 0.248 e. The Bertz CT molecular complexity index is 680. The van der Waals surface area contributed by atoms with E-state index in [1.807, 2.05) is 22.9 Å². The molecule has 1 aromatic carbocycles. The number of rotatable bonds is 5. The smallest absolute Gasteiger partial charge is 0.248 e. The molecule has 0 unspecified atom stereocenters. The molecule has 0 atom stereocenters. The van der Waals surface area contributed by atoms with Crippen molar-refractivity contribution in [1.29, 1.82) is 0 Å². The van der Waals surface area contributed by atoms with Gasteiger partial charge in [0.05, 0.1) is 5.75 Å². The summed E-state index contributed by atoms with van der Waals surface area (Å²) < 4.78 is 1.93. The van der Waals surface area contributed by atoms with E-state index in [1.165, 1.54) is 24.2 Å². The van der Waals surface area contributed by atoms with Gasteiger partial charge in [-0.3, -0.25) is 25.0 Å². The number of thioether (sulfide) groups is 1. The minimum atomic E-state index is -0.310. The molecule has 0 aliphatic carbocycles. The van der Waals surface area contributed by atoms with Gasteiger partial charge in [0.2, 0.25) is 11.8 Å². The molecule has 1 heterocycles. The van der Waals surface area contributed by atoms with E-state index < -0.39 is 0 Å². The quantitative estimate of drug-likeness (QED) is 0.650. The van der Waals surface area contributed by atoms with Crippen LogP contribution in [-0.4, -0.2) is 27.1 Å². The summed E-state index contributed by atoms with van der Waals surface area (Å²) in [6.45, 7) is 5.64. The first kappa shape index (κ1) is 17.1. The average molecular weight is 332 g/mol. The average Bonchev–Trinajstić information content (AvgIpc) is 2.99. The van der Waals surface area contributed by atoms with Crippen LogP contribution in [0.5, 0.6) is 0 Å². The highest BCUT2D eigenvalue weighted by atomic mass is 32.2. The molecule has 0 fully saturated rings. The molecule has 0 saturated heterocycles. The summed E-state index contributed by atoms with van der Waals surface area (Å²) in [6, 6.07) is 8.27. The molecule has 23 heavy (non-hydrogen) atoms. The van der Waals surface area contributed by atoms with E-state index in [0.717, 1.165) is 10.8 Å². The molecule has 2 rings (SSSR count). The molecule has 0 radical (unpaired) electrons. The number of benzene rings is 1. The zero-order chi connectivity index (χ0) is 16.8. The Morgan fingerprint density at radius 1 is 1.22 bits per heavy atom. The summed E-state index contributed by atoms with van der Waals surface area (Å²) in [5.41, 5.74) is 6.86. The molecule has 1 aromatic heterocycles. The summed E-state index contributed by atoms with van der Waals surface area (Å²) in [6.07, 6.45) is 3.56. The predicted molar refractivity (Wildman–Crippen MR) is 90.3 cm³/mol. The number of nitrogens with one attached hydrogen (secondary N) is 2. The first-order chi connectivity index (χ1) is 11.0. The summed E-state index contributed by atoms with van der Waals surface area (Å²) in [5, 5.41) is 0.722. The summed E-state index contributed by atoms with van der Waals surface area (Å²) in [7, 11) is 0. The Balaban J connectivity index is 2.02. The van der Waals surface area contributed by atoms with Crippen molar-refractivity contribution in [2.45, 2.75) is 31.8 Å². The third-order valence-electron chi connectivity index (χ3n) is 3.16. The van der Waals surface area contributed by atoms with Gasteiger partial charge in [0.15, 0.2) is 5.16 Å². The monoisotopic (exact) mass is 332 g/mol. The third kappa shape index (κ3) is 4.85. The highest BCUT2D eigenvalue weighted by Gasteiger charge is 2.09. The van der Waals surface area contributed by atoms with E-state index in [4.69, 9.17) is 0 Å². The second-order valence-corrected chi connectivity index (χ2v) is 6.29. The first-order valence-corrected chi connectivity index (χ1v) is 8.28. The molecule has 0 aliphatic rings. The number of carbonyl (C=O) groups excluding carboxylic acids is 2. The summed E-state index contributed by atoms with van der Waals surface area (Å²) in [5.74, 6) is 0.0598. The van der Waals surface area contributed by atoms with E-state index in [2.05, 4.69) is 41.8 Å². The Labute approximate surface area is 139 Å². The van der Waals surface area contributed by atoms with E-state index in [1.54, 1.807) is 6.20 Å². The molecule has 2 N–H and O–H groups in total. The number of hydrazine groups is 1. The van der Waals surface area contributed by atoms with Crippen LogP contribution in [0.15, 0.2) is 41.8 Å². The van der Waals surface area contributed by atoms with Gasteiger partial charge in [0.25, 0.3) is 0 Å². The molecule has 7 heteroatoms. The molecular weight excluding hydrogens is 312 g/mol. The van der Waals surface area contributed by atoms with Gasteiger partial charge in [0, 0.05) is 25.0 Å². The lowest BCUT2D eigenvalue weighted by molar-refractivity contribution is -0.126. The largest absolute Gasteiger partial charge is 0.295 e. The highest BCUT2D eigenvalue weighted by Crippen LogP contribution is 2.22. The standard InChI is InChI=1S/C16H20N4O2S/c1-11(2)13-4-6-14(7-5-13)20-9-8-17-16(20)23-10-15(22)19-18-12(3)21/h4-9,11H,10H2,1-3H3,(H,18,21)(H,19,22). The zero-order valence-corrected chi connectivity index (χ0v) is 14.2. The number of hydrogen-bond donors (Lipinski definition) is 2. The van der Waals surface area contributed by atoms with Crippen LogP contribution in [0.3, 0.4) is 0 Å². The summed E-state index contributed by atoms with van der Waals surface area (Å²) >= 11 is 1.31. The zero-order valence-electron chi connectivity index (χ0n) is 13.4. The van der Waals surface area contributed by atoms with Crippen molar-refractivity contribution in [2.24, 2.45) is 0 Å². The number of imidazole rings is 1. The van der Waals surface area contributed by atoms with Crippen LogP contribution in [0, 0.1) is 0 Å². The molecule has 0 saturated carbocycles. The molecule has 6 nitrogen and oxygen atoms in total. The van der Waals surface area contributed by atoms with Gasteiger partial charge < -0.3 is 0 Å². The lowest BCUT2D eigenvalue weighted by Crippen LogP contribution is -2.41. The van der Waals surface area contributed by atoms with Gasteiger partial charge in [-0.15, -0.1) is 0 Å². The second-order valence-electron chi connectivity index (χ2n) is 5.34. The lowest BCUT2D eigenvalue weighted by Gasteiger charge is -2.10. The fourth-order valence-corrected chi connectivity index (χ4v) is 2.71. The lowest BCUT2D eigenvalue weighted by atomic mass is 10.0. The fraction of sp³-hybridized carbons (Fsp3) is 0.312. The van der Waals surface area contributed by atoms with Gasteiger partial charge >= 0.3 is 0 Å². The van der Waals surface area contributed by atoms with Crippen LogP contribution >= 0.6 is 11.8 Å². The van der Waals surface area contributed by atoms with Gasteiger partial charge in [-0.05, 0) is 23.6 Å². The third-order valence-corrected chi connectivity index (χ3v) is 4.12. The molecule has 2 aromatic rings. The number of amides is 2. The maximum atomic E-state index is 11.6. The molecule has 2 amide bonds. The normalized spacial score (nSPS) is 10.6. The Morgan fingerprint density at radius 3 is 2.52 bits per heavy atom. The topological polar surface area (TPSA) is 76.0 Å². The number of hydrogen-bond acceptors (Lipinski definition) is 4. The predicted octanol–water partition coefficient (Wildman–Crippen LogP) is 2.26. The van der Waals surface area contributed by atoms with E-state index in [9.17, 15) is 9.59 Å². The number of nitrogens with zero attached hydrogens (tertiary/aromatic N) is 2. The fourth-order valence-electron chi connectivity index (χ4n) is 1.94. The Hall–Kier alpha value is -2.28. The van der Waals surface area contributed by atoms with E-state index in [0.29, 0.717) is 5.92 Å². The molecular formula is C16H20N4O2S. The van der Waals surface area contributed by atoms with Crippen molar-refractivity contribution in [2.75, 3.05) is 5.75 Å². The maximum absolute atomic E-state index is 11.6. The molecule has 0 bridgehead atoms. The van der Waals surface area contributed by atoms with Gasteiger partial charge in [0.1, 0.15) is 0 Å². The molecule has 0 spiro atoms. The van der Waals surface area contributed by atoms with Crippen LogP contribution in [-0.2, 0) is 9.59 Å². The Kier molecular flexibility index (Phi) is 5.81. The van der Waals surface area contributed by atoms with Crippen molar-refractivity contribution < 1.29 is 9.59 Å². The van der Waals surface area contributed by atoms with Gasteiger partial charge in [-0.25, -0.2) is 4.98 Å². The number of aromatic nitrogens is 2. The molecule has 122 valence electrons. The van der Waals surface area contributed by atoms with E-state index in [-0.39, 0.29) is 17.6 Å². The minimum absolute atomic E-state index is 0.168. The molecule has 0 aliphatic heterocycles. The van der Waals surface area contributed by atoms with Crippen molar-refractivity contribution in [3.63, 3.8) is 0 Å². The van der Waals surface area contributed by atoms with Crippen molar-refractivity contribution >= 4 is 23.6 Å². The SMILES string of the molecule is CC(=O)NNC(=O)CSc1nccn1-c1ccc(C(C)C)cc1. The Morgan fingerprint density at radius 2 is 1.91 bits per heavy atom. The first-order valence-electron chi connectivity index (χ1n) is 7.29. The van der Waals surface area contributed by atoms with Gasteiger partial charge in [-0.1, -0.05) is 37.7 Å². The van der Waals surface area contributed by atoms with E-state index >= 15 is 0 Å².